The number of nitrogens with two attached hydrogens (primary N) is 1. The molecule has 0 atom stereocenters. The quantitative estimate of drug-likeness (QED) is 0.732. The van der Waals surface area contributed by atoms with E-state index in [4.69, 9.17) is 4.74 Å². The first-order valence-corrected chi connectivity index (χ1v) is 5.60. The van der Waals surface area contributed by atoms with Gasteiger partial charge in [0, 0.05) is 0 Å². The number of hydrogen-bond acceptors (Lipinski definition) is 2. The third-order valence-electron chi connectivity index (χ3n) is 2.89. The van der Waals surface area contributed by atoms with Gasteiger partial charge in [0.25, 0.3) is 0 Å². The molecule has 84 valence electrons. The number of ether oxygens (including phenoxy) is 1. The van der Waals surface area contributed by atoms with Gasteiger partial charge in [-0.05, 0) is 35.4 Å². The molecule has 0 bridgehead atoms. The SMILES string of the molecule is CN.c1ccc2c3c(ccc2c1)COCC3. The van der Waals surface area contributed by atoms with Gasteiger partial charge in [-0.15, -0.1) is 0 Å². The number of hydrogen-bond donors (Lipinski definition) is 1. The molecule has 0 saturated heterocycles. The fraction of sp³-hybridized carbons (Fsp3) is 0.286. The second kappa shape index (κ2) is 5.10. The van der Waals surface area contributed by atoms with Gasteiger partial charge in [0.1, 0.15) is 0 Å². The van der Waals surface area contributed by atoms with E-state index in [1.165, 1.54) is 28.9 Å². The minimum absolute atomic E-state index is 0.778. The Hall–Kier alpha value is -1.38. The molecule has 0 spiro atoms. The van der Waals surface area contributed by atoms with Crippen LogP contribution in [0.15, 0.2) is 36.4 Å². The second-order valence-corrected chi connectivity index (χ2v) is 3.73. The highest BCUT2D eigenvalue weighted by Gasteiger charge is 2.11. The summed E-state index contributed by atoms with van der Waals surface area (Å²) >= 11 is 0. The predicted octanol–water partition coefficient (Wildman–Crippen LogP) is 2.49. The minimum Gasteiger partial charge on any atom is -0.376 e. The van der Waals surface area contributed by atoms with Crippen molar-refractivity contribution in [2.75, 3.05) is 13.7 Å². The van der Waals surface area contributed by atoms with Crippen molar-refractivity contribution in [3.8, 4) is 0 Å². The molecule has 0 aliphatic carbocycles. The number of fused-ring (bicyclic) bond motifs is 3. The lowest BCUT2D eigenvalue weighted by atomic mass is 9.96. The monoisotopic (exact) mass is 215 g/mol. The molecule has 0 fully saturated rings. The molecule has 0 amide bonds. The lowest BCUT2D eigenvalue weighted by molar-refractivity contribution is 0.111. The average molecular weight is 215 g/mol. The van der Waals surface area contributed by atoms with Gasteiger partial charge in [-0.2, -0.15) is 0 Å². The van der Waals surface area contributed by atoms with E-state index < -0.39 is 0 Å². The summed E-state index contributed by atoms with van der Waals surface area (Å²) in [4.78, 5) is 0. The lowest BCUT2D eigenvalue weighted by Gasteiger charge is -2.18. The van der Waals surface area contributed by atoms with Crippen LogP contribution in [0.5, 0.6) is 0 Å². The highest BCUT2D eigenvalue weighted by Crippen LogP contribution is 2.26. The van der Waals surface area contributed by atoms with Crippen LogP contribution in [0.2, 0.25) is 0 Å². The first kappa shape index (κ1) is 11.1. The maximum atomic E-state index is 5.44. The Bertz CT molecular complexity index is 479. The summed E-state index contributed by atoms with van der Waals surface area (Å²) in [5, 5.41) is 2.74. The van der Waals surface area contributed by atoms with E-state index in [1.54, 1.807) is 0 Å². The van der Waals surface area contributed by atoms with Crippen LogP contribution in [0.3, 0.4) is 0 Å². The highest BCUT2D eigenvalue weighted by molar-refractivity contribution is 5.86. The summed E-state index contributed by atoms with van der Waals surface area (Å²) in [6.45, 7) is 1.64. The van der Waals surface area contributed by atoms with E-state index in [1.807, 2.05) is 0 Å². The lowest BCUT2D eigenvalue weighted by Crippen LogP contribution is -2.09. The van der Waals surface area contributed by atoms with Crippen LogP contribution in [-0.2, 0) is 17.8 Å². The van der Waals surface area contributed by atoms with E-state index in [9.17, 15) is 0 Å². The summed E-state index contributed by atoms with van der Waals surface area (Å²) in [6.07, 6.45) is 1.05. The summed E-state index contributed by atoms with van der Waals surface area (Å²) in [5.74, 6) is 0. The summed E-state index contributed by atoms with van der Waals surface area (Å²) < 4.78 is 5.44. The molecule has 2 aromatic rings. The van der Waals surface area contributed by atoms with Gasteiger partial charge >= 0.3 is 0 Å². The largest absolute Gasteiger partial charge is 0.376 e. The summed E-state index contributed by atoms with van der Waals surface area (Å²) in [5.41, 5.74) is 7.34. The zero-order chi connectivity index (χ0) is 11.4. The Balaban J connectivity index is 0.000000457. The molecule has 2 aromatic carbocycles. The molecule has 0 aromatic heterocycles. The first-order chi connectivity index (χ1) is 7.95. The van der Waals surface area contributed by atoms with Crippen LogP contribution >= 0.6 is 0 Å². The third kappa shape index (κ3) is 1.94. The maximum Gasteiger partial charge on any atom is 0.0719 e. The van der Waals surface area contributed by atoms with E-state index >= 15 is 0 Å². The van der Waals surface area contributed by atoms with Crippen LogP contribution in [0.25, 0.3) is 10.8 Å². The van der Waals surface area contributed by atoms with Gasteiger partial charge in [-0.3, -0.25) is 0 Å². The van der Waals surface area contributed by atoms with Crippen molar-refractivity contribution in [1.29, 1.82) is 0 Å². The van der Waals surface area contributed by atoms with E-state index in [0.29, 0.717) is 0 Å². The van der Waals surface area contributed by atoms with Crippen LogP contribution in [-0.4, -0.2) is 13.7 Å². The smallest absolute Gasteiger partial charge is 0.0719 e. The Morgan fingerprint density at radius 3 is 2.75 bits per heavy atom. The Kier molecular flexibility index (Phi) is 3.54. The molecule has 0 radical (unpaired) electrons. The molecule has 2 heteroatoms. The van der Waals surface area contributed by atoms with E-state index in [0.717, 1.165) is 19.6 Å². The molecule has 1 aliphatic heterocycles. The standard InChI is InChI=1S/C13H12O.CH5N/c1-2-4-12-10(3-1)5-6-11-9-14-8-7-13(11)12;1-2/h1-6H,7-9H2;2H2,1H3. The highest BCUT2D eigenvalue weighted by atomic mass is 16.5. The van der Waals surface area contributed by atoms with Gasteiger partial charge in [0.15, 0.2) is 0 Å². The number of rotatable bonds is 0. The molecule has 0 saturated carbocycles. The topological polar surface area (TPSA) is 35.2 Å². The minimum atomic E-state index is 0.778. The Morgan fingerprint density at radius 1 is 1.06 bits per heavy atom. The fourth-order valence-electron chi connectivity index (χ4n) is 2.17. The van der Waals surface area contributed by atoms with Crippen molar-refractivity contribution in [2.24, 2.45) is 5.73 Å². The first-order valence-electron chi connectivity index (χ1n) is 5.60. The van der Waals surface area contributed by atoms with Crippen LogP contribution in [0, 0.1) is 0 Å². The van der Waals surface area contributed by atoms with Crippen LogP contribution < -0.4 is 5.73 Å². The van der Waals surface area contributed by atoms with Gasteiger partial charge in [0.05, 0.1) is 13.2 Å². The molecule has 1 aliphatic rings. The van der Waals surface area contributed by atoms with Crippen molar-refractivity contribution in [3.63, 3.8) is 0 Å². The van der Waals surface area contributed by atoms with E-state index in [2.05, 4.69) is 42.1 Å². The van der Waals surface area contributed by atoms with Gasteiger partial charge in [-0.1, -0.05) is 36.4 Å². The molecular weight excluding hydrogens is 198 g/mol. The van der Waals surface area contributed by atoms with Crippen molar-refractivity contribution in [3.05, 3.63) is 47.5 Å². The average Bonchev–Trinajstić information content (AvgIpc) is 2.41. The van der Waals surface area contributed by atoms with Gasteiger partial charge in [-0.25, -0.2) is 0 Å². The normalized spacial score (nSPS) is 13.9. The van der Waals surface area contributed by atoms with Crippen molar-refractivity contribution >= 4 is 10.8 Å². The van der Waals surface area contributed by atoms with Crippen molar-refractivity contribution < 1.29 is 4.74 Å². The molecule has 3 rings (SSSR count). The Morgan fingerprint density at radius 2 is 1.88 bits per heavy atom. The van der Waals surface area contributed by atoms with Gasteiger partial charge < -0.3 is 10.5 Å². The third-order valence-corrected chi connectivity index (χ3v) is 2.89. The van der Waals surface area contributed by atoms with Gasteiger partial charge in [0.2, 0.25) is 0 Å². The zero-order valence-electron chi connectivity index (χ0n) is 9.57. The summed E-state index contributed by atoms with van der Waals surface area (Å²) in [6, 6.07) is 13.0. The molecule has 1 heterocycles. The van der Waals surface area contributed by atoms with E-state index in [-0.39, 0.29) is 0 Å². The van der Waals surface area contributed by atoms with Crippen LogP contribution in [0.1, 0.15) is 11.1 Å². The second-order valence-electron chi connectivity index (χ2n) is 3.73. The predicted molar refractivity (Wildman–Crippen MR) is 67.4 cm³/mol. The van der Waals surface area contributed by atoms with Crippen LogP contribution in [0.4, 0.5) is 0 Å². The Labute approximate surface area is 96.0 Å². The molecule has 0 unspecified atom stereocenters. The molecular formula is C14H17NO. The summed E-state index contributed by atoms with van der Waals surface area (Å²) in [7, 11) is 1.50. The maximum absolute atomic E-state index is 5.44. The van der Waals surface area contributed by atoms with Crippen molar-refractivity contribution in [2.45, 2.75) is 13.0 Å². The molecule has 16 heavy (non-hydrogen) atoms. The zero-order valence-corrected chi connectivity index (χ0v) is 9.57. The molecule has 2 nitrogen and oxygen atoms in total. The fourth-order valence-corrected chi connectivity index (χ4v) is 2.17. The van der Waals surface area contributed by atoms with Crippen molar-refractivity contribution in [1.82, 2.24) is 0 Å². The molecule has 2 N–H and O–H groups in total. The number of benzene rings is 2.